The first kappa shape index (κ1) is 13.0. The van der Waals surface area contributed by atoms with Crippen molar-refractivity contribution in [3.63, 3.8) is 0 Å². The number of nitrogens with two attached hydrogens (primary N) is 1. The molecule has 2 heterocycles. The quantitative estimate of drug-likeness (QED) is 0.725. The number of alkyl halides is 3. The van der Waals surface area contributed by atoms with Crippen LogP contribution < -0.4 is 5.73 Å². The monoisotopic (exact) mass is 268 g/mol. The molecule has 3 unspecified atom stereocenters. The fourth-order valence-electron chi connectivity index (χ4n) is 2.29. The molecule has 2 N–H and O–H groups in total. The van der Waals surface area contributed by atoms with Crippen LogP contribution in [-0.2, 0) is 4.79 Å². The molecule has 2 aliphatic rings. The minimum atomic E-state index is -4.22. The lowest BCUT2D eigenvalue weighted by molar-refractivity contribution is -0.189. The number of fused-ring (bicyclic) bond motifs is 1. The predicted molar refractivity (Wildman–Crippen MR) is 59.3 cm³/mol. The van der Waals surface area contributed by atoms with Crippen LogP contribution in [0.5, 0.6) is 0 Å². The van der Waals surface area contributed by atoms with Gasteiger partial charge in [-0.25, -0.2) is 0 Å². The Bertz CT molecular complexity index is 310. The standard InChI is InChI=1S/C10H15F3N2OS/c11-10(12,13)6-1-2-8-15(5-6)9(16)7(14)3-4-17-8/h6-8H,1-5,14H2. The third-order valence-corrected chi connectivity index (χ3v) is 4.68. The van der Waals surface area contributed by atoms with Crippen LogP contribution in [0.25, 0.3) is 0 Å². The van der Waals surface area contributed by atoms with Crippen LogP contribution in [0.15, 0.2) is 0 Å². The molecule has 0 aliphatic carbocycles. The normalized spacial score (nSPS) is 35.4. The SMILES string of the molecule is NC1CCSC2CCC(C(F)(F)F)CN2C1=O. The molecular formula is C10H15F3N2OS. The molecule has 0 aromatic rings. The number of amides is 1. The summed E-state index contributed by atoms with van der Waals surface area (Å²) in [5, 5.41) is -0.116. The Morgan fingerprint density at radius 3 is 2.65 bits per heavy atom. The fraction of sp³-hybridized carbons (Fsp3) is 0.900. The van der Waals surface area contributed by atoms with Gasteiger partial charge in [-0.05, 0) is 25.0 Å². The van der Waals surface area contributed by atoms with E-state index in [1.54, 1.807) is 11.8 Å². The van der Waals surface area contributed by atoms with Gasteiger partial charge < -0.3 is 10.6 Å². The minimum Gasteiger partial charge on any atom is -0.329 e. The van der Waals surface area contributed by atoms with Crippen molar-refractivity contribution in [2.45, 2.75) is 36.9 Å². The maximum Gasteiger partial charge on any atom is 0.393 e. The Morgan fingerprint density at radius 1 is 1.29 bits per heavy atom. The highest BCUT2D eigenvalue weighted by Crippen LogP contribution is 2.39. The summed E-state index contributed by atoms with van der Waals surface area (Å²) >= 11 is 1.55. The summed E-state index contributed by atoms with van der Waals surface area (Å²) in [7, 11) is 0. The van der Waals surface area contributed by atoms with Crippen LogP contribution in [0, 0.1) is 5.92 Å². The van der Waals surface area contributed by atoms with Gasteiger partial charge in [0.25, 0.3) is 0 Å². The lowest BCUT2D eigenvalue weighted by Crippen LogP contribution is -2.52. The number of rotatable bonds is 0. The van der Waals surface area contributed by atoms with Gasteiger partial charge in [0.1, 0.15) is 0 Å². The molecule has 0 spiro atoms. The highest BCUT2D eigenvalue weighted by Gasteiger charge is 2.46. The van der Waals surface area contributed by atoms with Crippen molar-refractivity contribution in [3.05, 3.63) is 0 Å². The maximum absolute atomic E-state index is 12.6. The zero-order chi connectivity index (χ0) is 12.6. The summed E-state index contributed by atoms with van der Waals surface area (Å²) in [6, 6.07) is -0.639. The van der Waals surface area contributed by atoms with Gasteiger partial charge in [0.15, 0.2) is 0 Å². The molecule has 98 valence electrons. The van der Waals surface area contributed by atoms with Crippen LogP contribution in [-0.4, -0.2) is 40.7 Å². The smallest absolute Gasteiger partial charge is 0.329 e. The number of carbonyl (C=O) groups is 1. The van der Waals surface area contributed by atoms with Gasteiger partial charge in [0.2, 0.25) is 5.91 Å². The second-order valence-electron chi connectivity index (χ2n) is 4.53. The van der Waals surface area contributed by atoms with Crippen molar-refractivity contribution >= 4 is 17.7 Å². The summed E-state index contributed by atoms with van der Waals surface area (Å²) < 4.78 is 37.9. The van der Waals surface area contributed by atoms with Crippen LogP contribution in [0.1, 0.15) is 19.3 Å². The number of hydrogen-bond donors (Lipinski definition) is 1. The lowest BCUT2D eigenvalue weighted by Gasteiger charge is -2.39. The number of thioether (sulfide) groups is 1. The molecule has 3 nitrogen and oxygen atoms in total. The number of halogens is 3. The second-order valence-corrected chi connectivity index (χ2v) is 5.81. The van der Waals surface area contributed by atoms with E-state index in [9.17, 15) is 18.0 Å². The van der Waals surface area contributed by atoms with Crippen molar-refractivity contribution in [2.75, 3.05) is 12.3 Å². The average Bonchev–Trinajstić information content (AvgIpc) is 2.39. The van der Waals surface area contributed by atoms with Gasteiger partial charge in [-0.2, -0.15) is 13.2 Å². The van der Waals surface area contributed by atoms with E-state index >= 15 is 0 Å². The predicted octanol–water partition coefficient (Wildman–Crippen LogP) is 1.58. The third-order valence-electron chi connectivity index (χ3n) is 3.33. The van der Waals surface area contributed by atoms with E-state index < -0.39 is 18.1 Å². The first-order valence-electron chi connectivity index (χ1n) is 5.64. The minimum absolute atomic E-state index is 0.111. The third kappa shape index (κ3) is 2.70. The number of carbonyl (C=O) groups excluding carboxylic acids is 1. The first-order valence-corrected chi connectivity index (χ1v) is 6.69. The van der Waals surface area contributed by atoms with Gasteiger partial charge in [-0.1, -0.05) is 0 Å². The summed E-state index contributed by atoms with van der Waals surface area (Å²) in [6.45, 7) is -0.228. The van der Waals surface area contributed by atoms with Crippen molar-refractivity contribution in [2.24, 2.45) is 11.7 Å². The van der Waals surface area contributed by atoms with E-state index in [-0.39, 0.29) is 24.2 Å². The molecular weight excluding hydrogens is 253 g/mol. The van der Waals surface area contributed by atoms with Gasteiger partial charge in [-0.3, -0.25) is 4.79 Å². The van der Waals surface area contributed by atoms with Gasteiger partial charge in [0, 0.05) is 6.54 Å². The summed E-state index contributed by atoms with van der Waals surface area (Å²) in [5.74, 6) is -0.979. The van der Waals surface area contributed by atoms with E-state index in [0.717, 1.165) is 5.75 Å². The zero-order valence-electron chi connectivity index (χ0n) is 9.24. The molecule has 3 atom stereocenters. The van der Waals surface area contributed by atoms with Crippen molar-refractivity contribution in [3.8, 4) is 0 Å². The average molecular weight is 268 g/mol. The van der Waals surface area contributed by atoms with Crippen LogP contribution in [0.4, 0.5) is 13.2 Å². The van der Waals surface area contributed by atoms with Gasteiger partial charge in [-0.15, -0.1) is 11.8 Å². The van der Waals surface area contributed by atoms with Gasteiger partial charge in [0.05, 0.1) is 17.3 Å². The summed E-state index contributed by atoms with van der Waals surface area (Å²) in [4.78, 5) is 13.2. The molecule has 17 heavy (non-hydrogen) atoms. The highest BCUT2D eigenvalue weighted by molar-refractivity contribution is 7.99. The number of hydrogen-bond acceptors (Lipinski definition) is 3. The number of piperidine rings is 1. The molecule has 0 aromatic heterocycles. The van der Waals surface area contributed by atoms with Crippen LogP contribution in [0.3, 0.4) is 0 Å². The van der Waals surface area contributed by atoms with E-state index in [1.165, 1.54) is 4.90 Å². The molecule has 2 aliphatic heterocycles. The molecule has 0 aromatic carbocycles. The fourth-order valence-corrected chi connectivity index (χ4v) is 3.62. The van der Waals surface area contributed by atoms with Crippen molar-refractivity contribution in [1.29, 1.82) is 0 Å². The van der Waals surface area contributed by atoms with Crippen LogP contribution >= 0.6 is 11.8 Å². The molecule has 2 saturated heterocycles. The lowest BCUT2D eigenvalue weighted by atomic mass is 9.96. The molecule has 2 rings (SSSR count). The van der Waals surface area contributed by atoms with Crippen molar-refractivity contribution in [1.82, 2.24) is 4.90 Å². The second kappa shape index (κ2) is 4.68. The van der Waals surface area contributed by atoms with E-state index in [4.69, 9.17) is 5.73 Å². The Hall–Kier alpha value is -0.430. The van der Waals surface area contributed by atoms with E-state index in [0.29, 0.717) is 12.8 Å². The Balaban J connectivity index is 2.12. The Kier molecular flexibility index (Phi) is 3.58. The number of nitrogens with zero attached hydrogens (tertiary/aromatic N) is 1. The molecule has 0 saturated carbocycles. The van der Waals surface area contributed by atoms with E-state index in [1.807, 2.05) is 0 Å². The molecule has 0 radical (unpaired) electrons. The highest BCUT2D eigenvalue weighted by atomic mass is 32.2. The molecule has 0 bridgehead atoms. The summed E-state index contributed by atoms with van der Waals surface area (Å²) in [6.07, 6.45) is -3.15. The van der Waals surface area contributed by atoms with Gasteiger partial charge >= 0.3 is 6.18 Å². The Labute approximate surface area is 102 Å². The maximum atomic E-state index is 12.6. The van der Waals surface area contributed by atoms with Crippen molar-refractivity contribution < 1.29 is 18.0 Å². The molecule has 7 heteroatoms. The zero-order valence-corrected chi connectivity index (χ0v) is 10.1. The topological polar surface area (TPSA) is 46.3 Å². The largest absolute Gasteiger partial charge is 0.393 e. The van der Waals surface area contributed by atoms with Crippen LogP contribution in [0.2, 0.25) is 0 Å². The Morgan fingerprint density at radius 2 is 2.00 bits per heavy atom. The molecule has 2 fully saturated rings. The first-order chi connectivity index (χ1) is 7.89. The van der Waals surface area contributed by atoms with E-state index in [2.05, 4.69) is 0 Å². The molecule has 1 amide bonds. The summed E-state index contributed by atoms with van der Waals surface area (Å²) in [5.41, 5.74) is 5.65.